The smallest absolute Gasteiger partial charge is 0.416 e. The lowest BCUT2D eigenvalue weighted by atomic mass is 9.95. The highest BCUT2D eigenvalue weighted by atomic mass is 16.6. The van der Waals surface area contributed by atoms with E-state index in [-0.39, 0.29) is 97.2 Å². The molecule has 109 heavy (non-hydrogen) atoms. The summed E-state index contributed by atoms with van der Waals surface area (Å²) in [5.74, 6) is -2.74. The van der Waals surface area contributed by atoms with Crippen molar-refractivity contribution in [3.05, 3.63) is 166 Å². The second-order valence-corrected chi connectivity index (χ2v) is 28.6. The summed E-state index contributed by atoms with van der Waals surface area (Å²) in [6.07, 6.45) is 3.96. The molecule has 1 saturated heterocycles. The predicted molar refractivity (Wildman–Crippen MR) is 404 cm³/mol. The number of para-hydroxylation sites is 1. The van der Waals surface area contributed by atoms with Gasteiger partial charge in [-0.15, -0.1) is 5.53 Å². The van der Waals surface area contributed by atoms with E-state index in [1.807, 2.05) is 84.0 Å². The zero-order chi connectivity index (χ0) is 76.9. The first-order valence-corrected chi connectivity index (χ1v) is 36.5. The van der Waals surface area contributed by atoms with Crippen LogP contribution in [0, 0.1) is 11.3 Å². The summed E-state index contributed by atoms with van der Waals surface area (Å²) < 4.78 is 35.2. The lowest BCUT2D eigenvalue weighted by molar-refractivity contribution is -0.132. The molecule has 1 saturated carbocycles. The standard InChI is InChI=1S/C80H89N13O16/c1-45(2)71(86-69(96)40-83-68(95)39-82-67(94)26-27-70(97)90-41-50-14-9-10-15-55(50)72-73(93(46(3)4)88-87-72)56-16-11-12-17-60(56)90)75(99)84-47(5)74(98)85-52-22-18-48(19-23-52)43-109-79(103)92-61-36-66(64(106-8)34-58(61)77(101)91-44-80(28-29-80)37-62(91)78(92)102)108-31-13-30-107-65-35-59-57(33-63(65)105-7)76(100)89-42-51(32-53(89)38-81-59)49-20-24-54(104-6)25-21-49/h9-12,14-25,33-36,38,42,45-47,53,62,71,78,87-88,102H,13,26-32,37,39-41,43-44H2,1-8H3,(H,82,94)(H,83,95)(H,84,99)(H,85,98)(H,86,96)/t47-,53-,62-,71-,78?/m0/s1. The summed E-state index contributed by atoms with van der Waals surface area (Å²) in [6.45, 7) is 8.56. The molecule has 6 aromatic rings. The third-order valence-electron chi connectivity index (χ3n) is 20.5. The number of nitrogens with one attached hydrogen (secondary N) is 7. The van der Waals surface area contributed by atoms with Crippen molar-refractivity contribution in [2.45, 2.75) is 129 Å². The number of rotatable bonds is 26. The van der Waals surface area contributed by atoms with Gasteiger partial charge in [0.2, 0.25) is 35.4 Å². The number of hydrogen-bond donors (Lipinski definition) is 8. The number of fused-ring (bicyclic) bond motifs is 8. The van der Waals surface area contributed by atoms with E-state index in [1.54, 1.807) is 78.3 Å². The normalized spacial score (nSPS) is 18.1. The van der Waals surface area contributed by atoms with E-state index < -0.39 is 79.0 Å². The number of carbonyl (C=O) groups is 9. The summed E-state index contributed by atoms with van der Waals surface area (Å²) in [6, 6.07) is 32.6. The van der Waals surface area contributed by atoms with Gasteiger partial charge in [-0.3, -0.25) is 48.4 Å². The third kappa shape index (κ3) is 16.2. The molecule has 1 aliphatic carbocycles. The molecule has 0 aromatic heterocycles. The van der Waals surface area contributed by atoms with Crippen molar-refractivity contribution in [3.8, 4) is 28.7 Å². The van der Waals surface area contributed by atoms with E-state index in [9.17, 15) is 48.3 Å². The minimum Gasteiger partial charge on any atom is -0.497 e. The number of amides is 9. The number of aliphatic imine (C=N–C) groups is 1. The Hall–Kier alpha value is -12.0. The highest BCUT2D eigenvalue weighted by Crippen LogP contribution is 2.57. The van der Waals surface area contributed by atoms with E-state index in [0.29, 0.717) is 65.5 Å². The van der Waals surface area contributed by atoms with Crippen LogP contribution in [0.1, 0.15) is 128 Å². The molecule has 5 atom stereocenters. The minimum atomic E-state index is -1.51. The number of aliphatic hydroxyl groups excluding tert-OH is 1. The molecule has 6 aromatic carbocycles. The number of carbonyl (C=O) groups excluding carboxylic acids is 9. The van der Waals surface area contributed by atoms with Crippen molar-refractivity contribution in [3.63, 3.8) is 0 Å². The second-order valence-electron chi connectivity index (χ2n) is 28.6. The number of ether oxygens (including phenoxy) is 6. The lowest BCUT2D eigenvalue weighted by Crippen LogP contribution is -2.55. The molecule has 29 heteroatoms. The molecule has 1 unspecified atom stereocenters. The van der Waals surface area contributed by atoms with E-state index >= 15 is 0 Å². The number of nitrogens with zero attached hydrogens (tertiary/aromatic N) is 6. The van der Waals surface area contributed by atoms with Gasteiger partial charge >= 0.3 is 6.09 Å². The Kier molecular flexibility index (Phi) is 22.3. The largest absolute Gasteiger partial charge is 0.497 e. The van der Waals surface area contributed by atoms with Crippen molar-refractivity contribution < 1.29 is 76.7 Å². The molecule has 8 N–H and O–H groups in total. The van der Waals surface area contributed by atoms with Crippen molar-refractivity contribution in [2.75, 3.05) is 69.3 Å². The molecule has 2 fully saturated rings. The van der Waals surface area contributed by atoms with Crippen LogP contribution in [0.25, 0.3) is 17.0 Å². The fraction of sp³-hybridized carbons (Fsp3) is 0.375. The van der Waals surface area contributed by atoms with E-state index in [0.717, 1.165) is 62.7 Å². The molecule has 0 bridgehead atoms. The number of hydrogen-bond acceptors (Lipinski definition) is 20. The number of anilines is 3. The van der Waals surface area contributed by atoms with Crippen LogP contribution in [0.3, 0.4) is 0 Å². The van der Waals surface area contributed by atoms with E-state index in [1.165, 1.54) is 33.3 Å². The Bertz CT molecular complexity index is 4650. The number of benzene rings is 6. The quantitative estimate of drug-likeness (QED) is 0.0241. The van der Waals surface area contributed by atoms with Gasteiger partial charge in [-0.05, 0) is 116 Å². The first kappa shape index (κ1) is 75.3. The van der Waals surface area contributed by atoms with Crippen molar-refractivity contribution in [1.29, 1.82) is 0 Å². The monoisotopic (exact) mass is 1490 g/mol. The van der Waals surface area contributed by atoms with Gasteiger partial charge in [0.25, 0.3) is 11.8 Å². The van der Waals surface area contributed by atoms with Crippen LogP contribution in [0.4, 0.5) is 27.5 Å². The van der Waals surface area contributed by atoms with E-state index in [2.05, 4.69) is 51.4 Å². The molecule has 570 valence electrons. The zero-order valence-corrected chi connectivity index (χ0v) is 61.9. The molecule has 1 spiro atoms. The maximum Gasteiger partial charge on any atom is 0.416 e. The van der Waals surface area contributed by atoms with Crippen molar-refractivity contribution in [1.82, 2.24) is 47.0 Å². The Balaban J connectivity index is 0.569. The Morgan fingerprint density at radius 3 is 2.06 bits per heavy atom. The Morgan fingerprint density at radius 2 is 1.37 bits per heavy atom. The molecule has 7 aliphatic rings. The SMILES string of the molecule is COc1ccc(C2=CN3C(=O)c4cc(OC)c(OCCCOc5cc6c(cc5OC)C(=O)N5CC7(CC7)C[C@H]5C(O)N6C(=O)OCc5ccc(NC(=O)[C@H](C)NC(=O)[C@@H](NC(=O)CNC(=O)CNC(=O)CCC(=O)N6Cc7ccccc7C7=C(c8ccccc86)N(C(C)C)NN7)C(C)C)cc5)cc4N=C[C@@H]3C2)cc1. The van der Waals surface area contributed by atoms with Crippen LogP contribution in [-0.4, -0.2) is 170 Å². The molecular weight excluding hydrogens is 1400 g/mol. The van der Waals surface area contributed by atoms with Crippen LogP contribution in [0.5, 0.6) is 28.7 Å². The number of hydrazine groups is 2. The molecule has 6 heterocycles. The Morgan fingerprint density at radius 1 is 0.688 bits per heavy atom. The zero-order valence-electron chi connectivity index (χ0n) is 61.9. The van der Waals surface area contributed by atoms with Crippen LogP contribution in [0.2, 0.25) is 0 Å². The summed E-state index contributed by atoms with van der Waals surface area (Å²) in [5, 5.41) is 27.2. The second kappa shape index (κ2) is 32.2. The van der Waals surface area contributed by atoms with E-state index in [4.69, 9.17) is 33.4 Å². The van der Waals surface area contributed by atoms with Crippen molar-refractivity contribution in [2.24, 2.45) is 16.3 Å². The van der Waals surface area contributed by atoms with Gasteiger partial charge in [0, 0.05) is 79.6 Å². The third-order valence-corrected chi connectivity index (χ3v) is 20.5. The number of methoxy groups -OCH3 is 3. The predicted octanol–water partition coefficient (Wildman–Crippen LogP) is 7.70. The molecule has 0 radical (unpaired) electrons. The van der Waals surface area contributed by atoms with Crippen molar-refractivity contribution >= 4 is 99.3 Å². The van der Waals surface area contributed by atoms with Crippen LogP contribution < -0.4 is 71.0 Å². The molecule has 13 rings (SSSR count). The fourth-order valence-electron chi connectivity index (χ4n) is 14.4. The van der Waals surface area contributed by atoms with Gasteiger partial charge in [0.15, 0.2) is 29.2 Å². The van der Waals surface area contributed by atoms with Gasteiger partial charge in [-0.1, -0.05) is 80.6 Å². The summed E-state index contributed by atoms with van der Waals surface area (Å²) in [4.78, 5) is 134. The highest BCUT2D eigenvalue weighted by molar-refractivity contribution is 6.08. The first-order valence-electron chi connectivity index (χ1n) is 36.5. The van der Waals surface area contributed by atoms with Crippen LogP contribution in [-0.2, 0) is 46.7 Å². The summed E-state index contributed by atoms with van der Waals surface area (Å²) in [7, 11) is 4.53. The fourth-order valence-corrected chi connectivity index (χ4v) is 14.4. The lowest BCUT2D eigenvalue weighted by Gasteiger charge is -2.32. The molecule has 9 amide bonds. The summed E-state index contributed by atoms with van der Waals surface area (Å²) >= 11 is 0. The topological polar surface area (TPSA) is 342 Å². The van der Waals surface area contributed by atoms with Gasteiger partial charge < -0.3 is 80.2 Å². The maximum absolute atomic E-state index is 14.5. The van der Waals surface area contributed by atoms with Gasteiger partial charge in [-0.2, -0.15) is 0 Å². The highest BCUT2D eigenvalue weighted by Gasteiger charge is 2.58. The molecule has 29 nitrogen and oxygen atoms in total. The average molecular weight is 1490 g/mol. The maximum atomic E-state index is 14.5. The molecular formula is C80H89N13O16. The first-order chi connectivity index (χ1) is 52.5. The minimum absolute atomic E-state index is 0.0501. The average Bonchev–Trinajstić information content (AvgIpc) is 1.58. The van der Waals surface area contributed by atoms with Gasteiger partial charge in [-0.25, -0.2) is 9.69 Å². The van der Waals surface area contributed by atoms with Gasteiger partial charge in [0.05, 0.1) is 106 Å². The Labute approximate surface area is 630 Å². The number of aliphatic hydroxyl groups is 1. The molecule has 6 aliphatic heterocycles. The van der Waals surface area contributed by atoms with Gasteiger partial charge in [0.1, 0.15) is 24.4 Å². The van der Waals surface area contributed by atoms with Crippen LogP contribution in [0.15, 0.2) is 133 Å². The summed E-state index contributed by atoms with van der Waals surface area (Å²) in [5.41, 5.74) is 15.3. The van der Waals surface area contributed by atoms with Crippen LogP contribution >= 0.6 is 0 Å².